The van der Waals surface area contributed by atoms with Crippen LogP contribution < -0.4 is 10.5 Å². The molecule has 0 aliphatic rings. The maximum atomic E-state index is 11.9. The van der Waals surface area contributed by atoms with Gasteiger partial charge in [0, 0.05) is 5.69 Å². The number of aromatic amines is 1. The van der Waals surface area contributed by atoms with Crippen molar-refractivity contribution in [2.75, 3.05) is 12.3 Å². The summed E-state index contributed by atoms with van der Waals surface area (Å²) in [5, 5.41) is 0. The molecule has 0 saturated heterocycles. The average Bonchev–Trinajstić information content (AvgIpc) is 2.57. The molecule has 2 rings (SSSR count). The largest absolute Gasteiger partial charge is 0.464 e. The number of nitrogens with one attached hydrogen (secondary N) is 1. The van der Waals surface area contributed by atoms with Gasteiger partial charge >= 0.3 is 6.18 Å². The van der Waals surface area contributed by atoms with Crippen molar-refractivity contribution in [1.82, 2.24) is 9.97 Å². The number of alkyl halides is 3. The van der Waals surface area contributed by atoms with Gasteiger partial charge in [0.15, 0.2) is 0 Å². The molecule has 0 aliphatic heterocycles. The number of hydrogen-bond donors (Lipinski definition) is 2. The topological polar surface area (TPSA) is 63.9 Å². The summed E-state index contributed by atoms with van der Waals surface area (Å²) in [6.07, 6.45) is -5.23. The molecular formula is C10H10F3N3O. The molecule has 0 aliphatic carbocycles. The highest BCUT2D eigenvalue weighted by molar-refractivity contribution is 5.79. The third kappa shape index (κ3) is 3.02. The van der Waals surface area contributed by atoms with E-state index in [0.29, 0.717) is 16.7 Å². The van der Waals surface area contributed by atoms with Crippen LogP contribution in [-0.4, -0.2) is 22.8 Å². The number of benzene rings is 1. The van der Waals surface area contributed by atoms with Crippen LogP contribution in [0, 0.1) is 0 Å². The van der Waals surface area contributed by atoms with Crippen LogP contribution in [0.4, 0.5) is 18.9 Å². The number of aromatic nitrogens is 2. The number of nitrogens with two attached hydrogens (primary N) is 1. The van der Waals surface area contributed by atoms with E-state index in [9.17, 15) is 13.2 Å². The molecule has 0 amide bonds. The second kappa shape index (κ2) is 4.15. The number of rotatable bonds is 3. The van der Waals surface area contributed by atoms with Gasteiger partial charge in [-0.05, 0) is 18.2 Å². The molecule has 1 aromatic heterocycles. The molecule has 1 aromatic carbocycles. The minimum Gasteiger partial charge on any atom is -0.464 e. The van der Waals surface area contributed by atoms with Crippen molar-refractivity contribution in [3.05, 3.63) is 18.2 Å². The Balaban J connectivity index is 2.05. The van der Waals surface area contributed by atoms with Crippen molar-refractivity contribution in [3.63, 3.8) is 0 Å². The van der Waals surface area contributed by atoms with Crippen LogP contribution in [0.1, 0.15) is 6.42 Å². The van der Waals surface area contributed by atoms with E-state index in [2.05, 4.69) is 9.97 Å². The third-order valence-electron chi connectivity index (χ3n) is 2.11. The van der Waals surface area contributed by atoms with Gasteiger partial charge in [0.1, 0.15) is 6.61 Å². The summed E-state index contributed by atoms with van der Waals surface area (Å²) in [5.74, 6) is 0. The number of fused-ring (bicyclic) bond motifs is 1. The molecule has 3 N–H and O–H groups in total. The van der Waals surface area contributed by atoms with E-state index in [0.717, 1.165) is 0 Å². The van der Waals surface area contributed by atoms with Crippen LogP contribution in [0.15, 0.2) is 18.2 Å². The summed E-state index contributed by atoms with van der Waals surface area (Å²) in [7, 11) is 0. The maximum absolute atomic E-state index is 11.9. The van der Waals surface area contributed by atoms with E-state index in [1.165, 1.54) is 0 Å². The lowest BCUT2D eigenvalue weighted by Crippen LogP contribution is -2.13. The van der Waals surface area contributed by atoms with Gasteiger partial charge in [-0.2, -0.15) is 18.2 Å². The monoisotopic (exact) mass is 245 g/mol. The highest BCUT2D eigenvalue weighted by atomic mass is 19.4. The van der Waals surface area contributed by atoms with E-state index in [1.54, 1.807) is 18.2 Å². The first-order valence-corrected chi connectivity index (χ1v) is 4.89. The summed E-state index contributed by atoms with van der Waals surface area (Å²) in [4.78, 5) is 6.71. The summed E-state index contributed by atoms with van der Waals surface area (Å²) >= 11 is 0. The van der Waals surface area contributed by atoms with Gasteiger partial charge in [-0.25, -0.2) is 0 Å². The Morgan fingerprint density at radius 3 is 2.82 bits per heavy atom. The van der Waals surface area contributed by atoms with E-state index in [1.807, 2.05) is 0 Å². The molecule has 0 atom stereocenters. The van der Waals surface area contributed by atoms with E-state index < -0.39 is 19.2 Å². The van der Waals surface area contributed by atoms with Crippen LogP contribution in [0.2, 0.25) is 0 Å². The molecule has 0 radical (unpaired) electrons. The second-order valence-electron chi connectivity index (χ2n) is 3.53. The first-order valence-electron chi connectivity index (χ1n) is 4.89. The number of nitrogens with zero attached hydrogens (tertiary/aromatic N) is 1. The molecule has 0 unspecified atom stereocenters. The number of anilines is 1. The summed E-state index contributed by atoms with van der Waals surface area (Å²) < 4.78 is 40.5. The highest BCUT2D eigenvalue weighted by Gasteiger charge is 2.27. The fourth-order valence-corrected chi connectivity index (χ4v) is 1.34. The fourth-order valence-electron chi connectivity index (χ4n) is 1.34. The smallest absolute Gasteiger partial charge is 0.392 e. The van der Waals surface area contributed by atoms with Gasteiger partial charge in [0.2, 0.25) is 0 Å². The zero-order chi connectivity index (χ0) is 12.5. The average molecular weight is 245 g/mol. The van der Waals surface area contributed by atoms with Crippen molar-refractivity contribution >= 4 is 16.7 Å². The summed E-state index contributed by atoms with van der Waals surface area (Å²) in [5.41, 5.74) is 7.33. The molecule has 7 heteroatoms. The first-order chi connectivity index (χ1) is 7.94. The van der Waals surface area contributed by atoms with E-state index in [-0.39, 0.29) is 6.01 Å². The van der Waals surface area contributed by atoms with Crippen LogP contribution in [0.5, 0.6) is 6.01 Å². The number of hydrogen-bond acceptors (Lipinski definition) is 3. The van der Waals surface area contributed by atoms with Gasteiger partial charge in [-0.3, -0.25) is 0 Å². The van der Waals surface area contributed by atoms with Crippen molar-refractivity contribution in [1.29, 1.82) is 0 Å². The van der Waals surface area contributed by atoms with Crippen LogP contribution in [-0.2, 0) is 0 Å². The zero-order valence-electron chi connectivity index (χ0n) is 8.71. The van der Waals surface area contributed by atoms with Crippen molar-refractivity contribution < 1.29 is 17.9 Å². The maximum Gasteiger partial charge on any atom is 0.392 e. The van der Waals surface area contributed by atoms with E-state index in [4.69, 9.17) is 10.5 Å². The molecule has 0 spiro atoms. The van der Waals surface area contributed by atoms with Gasteiger partial charge < -0.3 is 15.5 Å². The van der Waals surface area contributed by atoms with Gasteiger partial charge in [-0.15, -0.1) is 0 Å². The summed E-state index contributed by atoms with van der Waals surface area (Å²) in [6, 6.07) is 5.02. The third-order valence-corrected chi connectivity index (χ3v) is 2.11. The number of H-pyrrole nitrogens is 1. The Labute approximate surface area is 94.6 Å². The van der Waals surface area contributed by atoms with Gasteiger partial charge in [0.05, 0.1) is 17.5 Å². The molecule has 2 aromatic rings. The van der Waals surface area contributed by atoms with E-state index >= 15 is 0 Å². The quantitative estimate of drug-likeness (QED) is 0.816. The molecule has 1 heterocycles. The number of halogens is 3. The highest BCUT2D eigenvalue weighted by Crippen LogP contribution is 2.21. The first kappa shape index (κ1) is 11.6. The van der Waals surface area contributed by atoms with Gasteiger partial charge in [-0.1, -0.05) is 0 Å². The predicted molar refractivity (Wildman–Crippen MR) is 56.7 cm³/mol. The molecule has 17 heavy (non-hydrogen) atoms. The van der Waals surface area contributed by atoms with Crippen LogP contribution >= 0.6 is 0 Å². The van der Waals surface area contributed by atoms with Crippen molar-refractivity contribution in [2.45, 2.75) is 12.6 Å². The zero-order valence-corrected chi connectivity index (χ0v) is 8.71. The van der Waals surface area contributed by atoms with Crippen molar-refractivity contribution in [3.8, 4) is 6.01 Å². The number of imidazole rings is 1. The molecular weight excluding hydrogens is 235 g/mol. The lowest BCUT2D eigenvalue weighted by Gasteiger charge is -2.05. The van der Waals surface area contributed by atoms with Crippen LogP contribution in [0.3, 0.4) is 0 Å². The lowest BCUT2D eigenvalue weighted by molar-refractivity contribution is -0.139. The second-order valence-corrected chi connectivity index (χ2v) is 3.53. The lowest BCUT2D eigenvalue weighted by atomic mass is 10.3. The molecule has 92 valence electrons. The van der Waals surface area contributed by atoms with Gasteiger partial charge in [0.25, 0.3) is 6.01 Å². The Morgan fingerprint density at radius 2 is 2.12 bits per heavy atom. The Morgan fingerprint density at radius 1 is 1.35 bits per heavy atom. The van der Waals surface area contributed by atoms with Crippen LogP contribution in [0.25, 0.3) is 11.0 Å². The predicted octanol–water partition coefficient (Wildman–Crippen LogP) is 2.48. The Bertz CT molecular complexity index is 521. The molecule has 4 nitrogen and oxygen atoms in total. The Hall–Kier alpha value is -1.92. The number of ether oxygens (including phenoxy) is 1. The summed E-state index contributed by atoms with van der Waals surface area (Å²) in [6.45, 7) is -0.460. The fraction of sp³-hybridized carbons (Fsp3) is 0.300. The number of nitrogen functional groups attached to an aromatic ring is 1. The molecule has 0 bridgehead atoms. The molecule has 0 saturated carbocycles. The minimum atomic E-state index is -4.23. The minimum absolute atomic E-state index is 0.0647. The Kier molecular flexibility index (Phi) is 2.83. The standard InChI is InChI=1S/C10H10F3N3O/c11-10(12,13)3-4-17-9-15-7-2-1-6(14)5-8(7)16-9/h1-2,5H,3-4,14H2,(H,15,16). The SMILES string of the molecule is Nc1ccc2nc(OCCC(F)(F)F)[nH]c2c1. The normalized spacial score (nSPS) is 11.9. The van der Waals surface area contributed by atoms with Crippen molar-refractivity contribution in [2.24, 2.45) is 0 Å². The molecule has 0 fully saturated rings.